The predicted molar refractivity (Wildman–Crippen MR) is 70.6 cm³/mol. The molecule has 0 saturated carbocycles. The number of aliphatic hydroxyl groups is 1. The van der Waals surface area contributed by atoms with Crippen LogP contribution in [0.2, 0.25) is 0 Å². The average molecular weight is 322 g/mol. The van der Waals surface area contributed by atoms with Crippen LogP contribution in [0.4, 0.5) is 0 Å². The molecule has 0 aliphatic heterocycles. The van der Waals surface area contributed by atoms with Crippen molar-refractivity contribution >= 4 is 26.0 Å². The second-order valence-corrected chi connectivity index (χ2v) is 6.09. The number of benzene rings is 1. The highest BCUT2D eigenvalue weighted by molar-refractivity contribution is 9.08. The first-order valence-corrected chi connectivity index (χ1v) is 7.88. The fourth-order valence-electron chi connectivity index (χ4n) is 1.34. The van der Waals surface area contributed by atoms with Crippen molar-refractivity contribution in [3.63, 3.8) is 0 Å². The van der Waals surface area contributed by atoms with E-state index in [0.717, 1.165) is 5.56 Å². The van der Waals surface area contributed by atoms with Gasteiger partial charge in [-0.1, -0.05) is 28.1 Å². The Bertz CT molecular complexity index is 444. The van der Waals surface area contributed by atoms with Gasteiger partial charge in [0.25, 0.3) is 0 Å². The van der Waals surface area contributed by atoms with Gasteiger partial charge in [-0.3, -0.25) is 0 Å². The molecule has 0 aliphatic carbocycles. The number of hydrogen-bond donors (Lipinski definition) is 2. The van der Waals surface area contributed by atoms with Crippen molar-refractivity contribution in [2.75, 3.05) is 6.61 Å². The van der Waals surface area contributed by atoms with Crippen molar-refractivity contribution < 1.29 is 13.5 Å². The molecular formula is C11H16BrNO3S. The van der Waals surface area contributed by atoms with Gasteiger partial charge >= 0.3 is 0 Å². The Morgan fingerprint density at radius 3 is 2.41 bits per heavy atom. The zero-order chi connectivity index (χ0) is 12.9. The molecule has 0 saturated heterocycles. The fraction of sp³-hybridized carbons (Fsp3) is 0.455. The SMILES string of the molecule is CC(CCO)NS(=O)(=O)c1ccc(CBr)cc1. The maximum Gasteiger partial charge on any atom is 0.240 e. The number of alkyl halides is 1. The van der Waals surface area contributed by atoms with Crippen LogP contribution in [0.3, 0.4) is 0 Å². The Morgan fingerprint density at radius 2 is 1.94 bits per heavy atom. The van der Waals surface area contributed by atoms with Crippen LogP contribution in [-0.2, 0) is 15.4 Å². The minimum absolute atomic E-state index is 0.0355. The molecule has 0 spiro atoms. The lowest BCUT2D eigenvalue weighted by molar-refractivity contribution is 0.275. The molecular weight excluding hydrogens is 306 g/mol. The number of hydrogen-bond acceptors (Lipinski definition) is 3. The number of sulfonamides is 1. The minimum atomic E-state index is -3.48. The summed E-state index contributed by atoms with van der Waals surface area (Å²) in [6.45, 7) is 1.69. The molecule has 0 aliphatic rings. The number of aliphatic hydroxyl groups excluding tert-OH is 1. The molecule has 4 nitrogen and oxygen atoms in total. The third-order valence-electron chi connectivity index (χ3n) is 2.31. The first-order chi connectivity index (χ1) is 7.99. The molecule has 0 bridgehead atoms. The van der Waals surface area contributed by atoms with Crippen LogP contribution in [0.15, 0.2) is 29.2 Å². The number of rotatable bonds is 6. The van der Waals surface area contributed by atoms with Crippen LogP contribution < -0.4 is 4.72 Å². The zero-order valence-corrected chi connectivity index (χ0v) is 12.0. The Labute approximate surface area is 110 Å². The molecule has 0 heterocycles. The lowest BCUT2D eigenvalue weighted by Crippen LogP contribution is -2.33. The topological polar surface area (TPSA) is 66.4 Å². The fourth-order valence-corrected chi connectivity index (χ4v) is 3.00. The zero-order valence-electron chi connectivity index (χ0n) is 9.56. The molecule has 0 radical (unpaired) electrons. The van der Waals surface area contributed by atoms with Crippen LogP contribution in [0.1, 0.15) is 18.9 Å². The van der Waals surface area contributed by atoms with Gasteiger partial charge in [0.15, 0.2) is 0 Å². The van der Waals surface area contributed by atoms with E-state index in [4.69, 9.17) is 5.11 Å². The van der Waals surface area contributed by atoms with Gasteiger partial charge in [0.1, 0.15) is 0 Å². The van der Waals surface area contributed by atoms with Crippen molar-refractivity contribution in [3.05, 3.63) is 29.8 Å². The maximum absolute atomic E-state index is 11.9. The second-order valence-electron chi connectivity index (χ2n) is 3.81. The molecule has 96 valence electrons. The van der Waals surface area contributed by atoms with Gasteiger partial charge in [-0.2, -0.15) is 0 Å². The highest BCUT2D eigenvalue weighted by Gasteiger charge is 2.16. The van der Waals surface area contributed by atoms with Gasteiger partial charge in [0.05, 0.1) is 4.90 Å². The Morgan fingerprint density at radius 1 is 1.35 bits per heavy atom. The average Bonchev–Trinajstić information content (AvgIpc) is 2.28. The van der Waals surface area contributed by atoms with Crippen molar-refractivity contribution in [1.29, 1.82) is 0 Å². The molecule has 1 unspecified atom stereocenters. The molecule has 0 amide bonds. The van der Waals surface area contributed by atoms with Crippen LogP contribution in [0.25, 0.3) is 0 Å². The van der Waals surface area contributed by atoms with Gasteiger partial charge in [0.2, 0.25) is 10.0 Å². The summed E-state index contributed by atoms with van der Waals surface area (Å²) in [6.07, 6.45) is 0.402. The smallest absolute Gasteiger partial charge is 0.240 e. The first-order valence-electron chi connectivity index (χ1n) is 5.27. The van der Waals surface area contributed by atoms with E-state index >= 15 is 0 Å². The van der Waals surface area contributed by atoms with Crippen LogP contribution in [0.5, 0.6) is 0 Å². The molecule has 6 heteroatoms. The van der Waals surface area contributed by atoms with Gasteiger partial charge < -0.3 is 5.11 Å². The lowest BCUT2D eigenvalue weighted by atomic mass is 10.2. The summed E-state index contributed by atoms with van der Waals surface area (Å²) in [5.74, 6) is 0. The highest BCUT2D eigenvalue weighted by Crippen LogP contribution is 2.13. The van der Waals surface area contributed by atoms with E-state index in [0.29, 0.717) is 11.8 Å². The summed E-state index contributed by atoms with van der Waals surface area (Å²) in [7, 11) is -3.48. The first kappa shape index (κ1) is 14.6. The normalized spacial score (nSPS) is 13.6. The number of halogens is 1. The van der Waals surface area contributed by atoms with Crippen molar-refractivity contribution in [2.24, 2.45) is 0 Å². The van der Waals surface area contributed by atoms with Gasteiger partial charge in [-0.05, 0) is 31.0 Å². The van der Waals surface area contributed by atoms with E-state index in [9.17, 15) is 8.42 Å². The van der Waals surface area contributed by atoms with E-state index in [1.165, 1.54) is 0 Å². The van der Waals surface area contributed by atoms with E-state index in [1.54, 1.807) is 31.2 Å². The van der Waals surface area contributed by atoms with Gasteiger partial charge in [0, 0.05) is 18.0 Å². The van der Waals surface area contributed by atoms with Crippen molar-refractivity contribution in [1.82, 2.24) is 4.72 Å². The molecule has 0 fully saturated rings. The highest BCUT2D eigenvalue weighted by atomic mass is 79.9. The lowest BCUT2D eigenvalue weighted by Gasteiger charge is -2.13. The summed E-state index contributed by atoms with van der Waals surface area (Å²) in [5.41, 5.74) is 1.02. The Hall–Kier alpha value is -0.430. The molecule has 0 aromatic heterocycles. The second kappa shape index (κ2) is 6.49. The van der Waals surface area contributed by atoms with Crippen LogP contribution >= 0.6 is 15.9 Å². The third kappa shape index (κ3) is 4.39. The van der Waals surface area contributed by atoms with E-state index in [2.05, 4.69) is 20.7 Å². The van der Waals surface area contributed by atoms with Crippen molar-refractivity contribution in [3.8, 4) is 0 Å². The Kier molecular flexibility index (Phi) is 5.58. The standard InChI is InChI=1S/C11H16BrNO3S/c1-9(6-7-14)13-17(15,16)11-4-2-10(8-12)3-5-11/h2-5,9,13-14H,6-8H2,1H3. The van der Waals surface area contributed by atoms with Gasteiger partial charge in [-0.25, -0.2) is 13.1 Å². The third-order valence-corrected chi connectivity index (χ3v) is 4.56. The summed E-state index contributed by atoms with van der Waals surface area (Å²) in [6, 6.07) is 6.40. The van der Waals surface area contributed by atoms with E-state index < -0.39 is 10.0 Å². The summed E-state index contributed by atoms with van der Waals surface area (Å²) in [5, 5.41) is 9.43. The summed E-state index contributed by atoms with van der Waals surface area (Å²) < 4.78 is 26.3. The molecule has 2 N–H and O–H groups in total. The minimum Gasteiger partial charge on any atom is -0.396 e. The monoisotopic (exact) mass is 321 g/mol. The quantitative estimate of drug-likeness (QED) is 0.783. The molecule has 1 atom stereocenters. The molecule has 17 heavy (non-hydrogen) atoms. The number of nitrogens with one attached hydrogen (secondary N) is 1. The van der Waals surface area contributed by atoms with Crippen LogP contribution in [0, 0.1) is 0 Å². The van der Waals surface area contributed by atoms with Gasteiger partial charge in [-0.15, -0.1) is 0 Å². The van der Waals surface area contributed by atoms with E-state index in [1.807, 2.05) is 0 Å². The molecule has 1 aromatic carbocycles. The summed E-state index contributed by atoms with van der Waals surface area (Å²) >= 11 is 3.30. The summed E-state index contributed by atoms with van der Waals surface area (Å²) in [4.78, 5) is 0.243. The maximum atomic E-state index is 11.9. The largest absolute Gasteiger partial charge is 0.396 e. The molecule has 1 aromatic rings. The van der Waals surface area contributed by atoms with Crippen molar-refractivity contribution in [2.45, 2.75) is 29.6 Å². The predicted octanol–water partition coefficient (Wildman–Crippen LogP) is 1.63. The van der Waals surface area contributed by atoms with Crippen LogP contribution in [-0.4, -0.2) is 26.2 Å². The Balaban J connectivity index is 2.82. The molecule has 1 rings (SSSR count). The van der Waals surface area contributed by atoms with E-state index in [-0.39, 0.29) is 17.5 Å².